The lowest BCUT2D eigenvalue weighted by Crippen LogP contribution is -2.26. The van der Waals surface area contributed by atoms with Crippen molar-refractivity contribution in [1.82, 2.24) is 0 Å². The van der Waals surface area contributed by atoms with Gasteiger partial charge in [-0.1, -0.05) is 13.8 Å². The van der Waals surface area contributed by atoms with Crippen LogP contribution in [0.3, 0.4) is 0 Å². The van der Waals surface area contributed by atoms with Gasteiger partial charge in [-0.2, -0.15) is 5.26 Å². The molecule has 1 saturated heterocycles. The average Bonchev–Trinajstić information content (AvgIpc) is 2.58. The minimum Gasteiger partial charge on any atom is -0.371 e. The van der Waals surface area contributed by atoms with Crippen LogP contribution in [0.25, 0.3) is 0 Å². The summed E-state index contributed by atoms with van der Waals surface area (Å²) in [5, 5.41) is 9.08. The van der Waals surface area contributed by atoms with Gasteiger partial charge in [0, 0.05) is 24.3 Å². The van der Waals surface area contributed by atoms with E-state index in [1.54, 1.807) is 19.1 Å². The molecule has 1 aliphatic heterocycles. The summed E-state index contributed by atoms with van der Waals surface area (Å²) in [5.74, 6) is 0.0630. The number of hydrogen-bond acceptors (Lipinski definition) is 3. The fourth-order valence-corrected chi connectivity index (χ4v) is 2.82. The number of carbonyl (C=O) groups excluding carboxylic acids is 1. The van der Waals surface area contributed by atoms with Crippen molar-refractivity contribution in [2.75, 3.05) is 18.0 Å². The molecule has 1 aromatic rings. The van der Waals surface area contributed by atoms with Gasteiger partial charge in [-0.3, -0.25) is 4.79 Å². The third-order valence-electron chi connectivity index (χ3n) is 4.19. The fourth-order valence-electron chi connectivity index (χ4n) is 2.82. The van der Waals surface area contributed by atoms with Crippen molar-refractivity contribution in [2.45, 2.75) is 40.0 Å². The molecule has 0 aliphatic carbocycles. The normalized spacial score (nSPS) is 18.2. The van der Waals surface area contributed by atoms with Crippen molar-refractivity contribution >= 4 is 11.5 Å². The summed E-state index contributed by atoms with van der Waals surface area (Å²) < 4.78 is 0. The molecule has 0 unspecified atom stereocenters. The molecule has 0 spiro atoms. The second-order valence-electron chi connectivity index (χ2n) is 6.40. The Morgan fingerprint density at radius 2 is 2.05 bits per heavy atom. The summed E-state index contributed by atoms with van der Waals surface area (Å²) in [7, 11) is 0. The Kier molecular flexibility index (Phi) is 4.13. The van der Waals surface area contributed by atoms with Gasteiger partial charge in [0.15, 0.2) is 5.78 Å². The Labute approximate surface area is 121 Å². The lowest BCUT2D eigenvalue weighted by atomic mass is 9.85. The first-order chi connectivity index (χ1) is 9.43. The van der Waals surface area contributed by atoms with Crippen LogP contribution < -0.4 is 4.90 Å². The molecule has 106 valence electrons. The Morgan fingerprint density at radius 3 is 2.70 bits per heavy atom. The van der Waals surface area contributed by atoms with E-state index in [1.165, 1.54) is 6.42 Å². The highest BCUT2D eigenvalue weighted by molar-refractivity contribution is 6.00. The molecule has 0 bridgehead atoms. The van der Waals surface area contributed by atoms with Crippen LogP contribution in [-0.2, 0) is 0 Å². The second-order valence-corrected chi connectivity index (χ2v) is 6.40. The number of carbonyl (C=O) groups is 1. The fraction of sp³-hybridized carbons (Fsp3) is 0.529. The molecule has 0 aromatic heterocycles. The molecule has 0 saturated carbocycles. The SMILES string of the molecule is CC(=O)c1ccc(C#N)cc1N1CCCC(C)(C)CC1. The van der Waals surface area contributed by atoms with Gasteiger partial charge in [0.05, 0.1) is 11.6 Å². The van der Waals surface area contributed by atoms with Gasteiger partial charge < -0.3 is 4.90 Å². The zero-order valence-electron chi connectivity index (χ0n) is 12.6. The third-order valence-corrected chi connectivity index (χ3v) is 4.19. The number of nitrogens with zero attached hydrogens (tertiary/aromatic N) is 2. The van der Waals surface area contributed by atoms with Crippen molar-refractivity contribution in [3.8, 4) is 6.07 Å². The molecule has 0 radical (unpaired) electrons. The summed E-state index contributed by atoms with van der Waals surface area (Å²) in [4.78, 5) is 14.1. The van der Waals surface area contributed by atoms with Gasteiger partial charge in [-0.15, -0.1) is 0 Å². The zero-order valence-corrected chi connectivity index (χ0v) is 12.6. The number of hydrogen-bond donors (Lipinski definition) is 0. The van der Waals surface area contributed by atoms with E-state index < -0.39 is 0 Å². The van der Waals surface area contributed by atoms with Gasteiger partial charge in [0.25, 0.3) is 0 Å². The van der Waals surface area contributed by atoms with Gasteiger partial charge >= 0.3 is 0 Å². The molecule has 1 aromatic carbocycles. The van der Waals surface area contributed by atoms with E-state index in [9.17, 15) is 4.79 Å². The van der Waals surface area contributed by atoms with Crippen molar-refractivity contribution in [3.63, 3.8) is 0 Å². The molecule has 3 nitrogen and oxygen atoms in total. The van der Waals surface area contributed by atoms with Crippen LogP contribution in [0.15, 0.2) is 18.2 Å². The van der Waals surface area contributed by atoms with Crippen LogP contribution in [-0.4, -0.2) is 18.9 Å². The zero-order chi connectivity index (χ0) is 14.8. The van der Waals surface area contributed by atoms with E-state index in [4.69, 9.17) is 5.26 Å². The largest absolute Gasteiger partial charge is 0.371 e. The molecular weight excluding hydrogens is 248 g/mol. The third kappa shape index (κ3) is 3.19. The minimum atomic E-state index is 0.0630. The minimum absolute atomic E-state index is 0.0630. The van der Waals surface area contributed by atoms with Crippen LogP contribution in [0.1, 0.15) is 56.0 Å². The van der Waals surface area contributed by atoms with Crippen LogP contribution in [0.5, 0.6) is 0 Å². The Hall–Kier alpha value is -1.82. The molecule has 1 heterocycles. The number of Topliss-reactive ketones (excluding diaryl/α,β-unsaturated/α-hetero) is 1. The second kappa shape index (κ2) is 5.66. The van der Waals surface area contributed by atoms with Gasteiger partial charge in [-0.25, -0.2) is 0 Å². The monoisotopic (exact) mass is 270 g/mol. The highest BCUT2D eigenvalue weighted by Crippen LogP contribution is 2.33. The van der Waals surface area contributed by atoms with Crippen LogP contribution in [0.2, 0.25) is 0 Å². The standard InChI is InChI=1S/C17H22N2O/c1-13(20)15-6-5-14(12-18)11-16(15)19-9-4-7-17(2,3)8-10-19/h5-6,11H,4,7-10H2,1-3H3. The van der Waals surface area contributed by atoms with Gasteiger partial charge in [0.2, 0.25) is 0 Å². The molecule has 20 heavy (non-hydrogen) atoms. The molecule has 0 atom stereocenters. The first-order valence-corrected chi connectivity index (χ1v) is 7.23. The molecule has 2 rings (SSSR count). The molecular formula is C17H22N2O. The van der Waals surface area contributed by atoms with Crippen molar-refractivity contribution in [2.24, 2.45) is 5.41 Å². The molecule has 3 heteroatoms. The molecule has 0 amide bonds. The van der Waals surface area contributed by atoms with E-state index >= 15 is 0 Å². The number of anilines is 1. The molecule has 0 N–H and O–H groups in total. The van der Waals surface area contributed by atoms with E-state index in [1.807, 2.05) is 6.07 Å². The number of nitriles is 1. The van der Waals surface area contributed by atoms with Crippen molar-refractivity contribution < 1.29 is 4.79 Å². The summed E-state index contributed by atoms with van der Waals surface area (Å²) in [6.45, 7) is 8.09. The van der Waals surface area contributed by atoms with Crippen molar-refractivity contribution in [1.29, 1.82) is 5.26 Å². The highest BCUT2D eigenvalue weighted by Gasteiger charge is 2.24. The lowest BCUT2D eigenvalue weighted by Gasteiger charge is -2.26. The van der Waals surface area contributed by atoms with Crippen molar-refractivity contribution in [3.05, 3.63) is 29.3 Å². The van der Waals surface area contributed by atoms with Gasteiger partial charge in [0.1, 0.15) is 0 Å². The van der Waals surface area contributed by atoms with E-state index in [-0.39, 0.29) is 5.78 Å². The number of benzene rings is 1. The molecule has 1 fully saturated rings. The first kappa shape index (κ1) is 14.6. The summed E-state index contributed by atoms with van der Waals surface area (Å²) in [6, 6.07) is 7.53. The van der Waals surface area contributed by atoms with Crippen LogP contribution in [0, 0.1) is 16.7 Å². The topological polar surface area (TPSA) is 44.1 Å². The maximum absolute atomic E-state index is 11.8. The Balaban J connectivity index is 2.35. The first-order valence-electron chi connectivity index (χ1n) is 7.23. The predicted molar refractivity (Wildman–Crippen MR) is 81.0 cm³/mol. The Morgan fingerprint density at radius 1 is 1.30 bits per heavy atom. The Bertz CT molecular complexity index is 555. The van der Waals surface area contributed by atoms with E-state index in [2.05, 4.69) is 24.8 Å². The van der Waals surface area contributed by atoms with Crippen LogP contribution >= 0.6 is 0 Å². The average molecular weight is 270 g/mol. The molecule has 1 aliphatic rings. The quantitative estimate of drug-likeness (QED) is 0.768. The summed E-state index contributed by atoms with van der Waals surface area (Å²) >= 11 is 0. The predicted octanol–water partition coefficient (Wildman–Crippen LogP) is 3.78. The smallest absolute Gasteiger partial charge is 0.161 e. The van der Waals surface area contributed by atoms with Gasteiger partial charge in [-0.05, 0) is 49.8 Å². The van der Waals surface area contributed by atoms with E-state index in [0.717, 1.165) is 37.2 Å². The summed E-state index contributed by atoms with van der Waals surface area (Å²) in [5.41, 5.74) is 2.63. The number of ketones is 1. The highest BCUT2D eigenvalue weighted by atomic mass is 16.1. The maximum Gasteiger partial charge on any atom is 0.161 e. The lowest BCUT2D eigenvalue weighted by molar-refractivity contribution is 0.101. The van der Waals surface area contributed by atoms with E-state index in [0.29, 0.717) is 11.0 Å². The van der Waals surface area contributed by atoms with Crippen LogP contribution in [0.4, 0.5) is 5.69 Å². The summed E-state index contributed by atoms with van der Waals surface area (Å²) in [6.07, 6.45) is 3.44. The number of rotatable bonds is 2. The maximum atomic E-state index is 11.8.